The zero-order chi connectivity index (χ0) is 26.4. The normalized spacial score (nSPS) is 22.8. The van der Waals surface area contributed by atoms with Crippen LogP contribution >= 0.6 is 0 Å². The lowest BCUT2D eigenvalue weighted by Gasteiger charge is -2.55. The van der Waals surface area contributed by atoms with Gasteiger partial charge in [-0.15, -0.1) is 0 Å². The highest BCUT2D eigenvalue weighted by atomic mass is 15.4. The highest BCUT2D eigenvalue weighted by Gasteiger charge is 2.48. The average Bonchev–Trinajstić information content (AvgIpc) is 2.75. The molecule has 7 nitrogen and oxygen atoms in total. The van der Waals surface area contributed by atoms with Crippen molar-refractivity contribution in [1.82, 2.24) is 15.0 Å². The van der Waals surface area contributed by atoms with Gasteiger partial charge in [0.25, 0.3) is 0 Å². The van der Waals surface area contributed by atoms with Crippen LogP contribution in [0.5, 0.6) is 0 Å². The van der Waals surface area contributed by atoms with Crippen LogP contribution in [-0.2, 0) is 6.54 Å². The first kappa shape index (κ1) is 26.4. The van der Waals surface area contributed by atoms with E-state index in [4.69, 9.17) is 15.0 Å². The molecule has 2 aliphatic heterocycles. The third-order valence-electron chi connectivity index (χ3n) is 8.03. The quantitative estimate of drug-likeness (QED) is 0.481. The molecule has 2 aliphatic rings. The summed E-state index contributed by atoms with van der Waals surface area (Å²) in [5.41, 5.74) is 0.716. The monoisotopic (exact) mass is 491 g/mol. The Hall–Kier alpha value is -2.70. The summed E-state index contributed by atoms with van der Waals surface area (Å²) < 4.78 is 0. The average molecular weight is 492 g/mol. The predicted molar refractivity (Wildman–Crippen MR) is 151 cm³/mol. The van der Waals surface area contributed by atoms with Crippen LogP contribution in [0.2, 0.25) is 0 Å². The fourth-order valence-electron chi connectivity index (χ4n) is 6.85. The van der Waals surface area contributed by atoms with Gasteiger partial charge >= 0.3 is 0 Å². The van der Waals surface area contributed by atoms with Crippen molar-refractivity contribution < 1.29 is 0 Å². The van der Waals surface area contributed by atoms with Gasteiger partial charge in [-0.2, -0.15) is 15.0 Å². The van der Waals surface area contributed by atoms with E-state index < -0.39 is 0 Å². The lowest BCUT2D eigenvalue weighted by atomic mass is 9.77. The minimum absolute atomic E-state index is 0.0537. The molecule has 0 amide bonds. The lowest BCUT2D eigenvalue weighted by molar-refractivity contribution is 0.216. The van der Waals surface area contributed by atoms with Gasteiger partial charge in [0.05, 0.1) is 6.04 Å². The Bertz CT molecular complexity index is 1040. The molecule has 1 aromatic carbocycles. The Labute approximate surface area is 217 Å². The van der Waals surface area contributed by atoms with E-state index in [1.54, 1.807) is 0 Å². The maximum Gasteiger partial charge on any atom is 0.232 e. The molecule has 1 aromatic heterocycles. The Morgan fingerprint density at radius 1 is 0.806 bits per heavy atom. The van der Waals surface area contributed by atoms with Crippen molar-refractivity contribution >= 4 is 24.6 Å². The smallest absolute Gasteiger partial charge is 0.232 e. The van der Waals surface area contributed by atoms with E-state index in [1.165, 1.54) is 12.0 Å². The SMILES string of the molecule is C=NC1CC(C)(C)N(c2nc(NCc3ccccc3)nc(N3C(C)(C)CCCC3(C)C)n2)C(C)(C)C1. The van der Waals surface area contributed by atoms with Crippen LogP contribution in [0, 0.1) is 0 Å². The number of nitrogens with zero attached hydrogens (tertiary/aromatic N) is 6. The highest BCUT2D eigenvalue weighted by Crippen LogP contribution is 2.44. The molecule has 7 heteroatoms. The standard InChI is InChI=1S/C29H45N7/c1-26(2)16-13-17-27(3,4)35(26)24-32-23(31-20-21-14-11-10-12-15-21)33-25(34-24)36-28(5,6)18-22(30-9)19-29(36,7)8/h10-12,14-15,22H,9,13,16-20H2,1-8H3,(H,31,32,33,34). The van der Waals surface area contributed by atoms with Gasteiger partial charge in [-0.1, -0.05) is 30.3 Å². The largest absolute Gasteiger partial charge is 0.350 e. The Morgan fingerprint density at radius 2 is 1.31 bits per heavy atom. The third-order valence-corrected chi connectivity index (χ3v) is 8.03. The van der Waals surface area contributed by atoms with E-state index in [0.29, 0.717) is 12.5 Å². The van der Waals surface area contributed by atoms with Crippen molar-refractivity contribution in [2.45, 2.75) is 122 Å². The summed E-state index contributed by atoms with van der Waals surface area (Å²) >= 11 is 0. The first-order valence-corrected chi connectivity index (χ1v) is 13.4. The molecule has 1 N–H and O–H groups in total. The molecule has 2 fully saturated rings. The molecule has 36 heavy (non-hydrogen) atoms. The van der Waals surface area contributed by atoms with E-state index in [0.717, 1.165) is 37.6 Å². The van der Waals surface area contributed by atoms with Gasteiger partial charge in [0, 0.05) is 28.7 Å². The summed E-state index contributed by atoms with van der Waals surface area (Å²) in [5.74, 6) is 2.10. The zero-order valence-electron chi connectivity index (χ0n) is 23.6. The fraction of sp³-hybridized carbons (Fsp3) is 0.655. The summed E-state index contributed by atoms with van der Waals surface area (Å²) in [4.78, 5) is 24.5. The number of benzene rings is 1. The van der Waals surface area contributed by atoms with Gasteiger partial charge in [-0.3, -0.25) is 4.99 Å². The molecule has 2 aromatic rings. The molecule has 0 aliphatic carbocycles. The Morgan fingerprint density at radius 3 is 1.81 bits per heavy atom. The number of hydrogen-bond acceptors (Lipinski definition) is 7. The Kier molecular flexibility index (Phi) is 6.82. The van der Waals surface area contributed by atoms with Crippen molar-refractivity contribution in [2.75, 3.05) is 15.1 Å². The van der Waals surface area contributed by atoms with E-state index in [1.807, 2.05) is 6.07 Å². The van der Waals surface area contributed by atoms with Crippen LogP contribution in [0.3, 0.4) is 0 Å². The van der Waals surface area contributed by atoms with Crippen LogP contribution in [0.15, 0.2) is 35.3 Å². The molecular formula is C29H45N7. The lowest BCUT2D eigenvalue weighted by Crippen LogP contribution is -2.63. The molecular weight excluding hydrogens is 446 g/mol. The van der Waals surface area contributed by atoms with Crippen LogP contribution in [-0.4, -0.2) is 49.9 Å². The molecule has 196 valence electrons. The molecule has 0 radical (unpaired) electrons. The van der Waals surface area contributed by atoms with Crippen LogP contribution in [0.1, 0.15) is 93.1 Å². The Balaban J connectivity index is 1.82. The number of anilines is 3. The summed E-state index contributed by atoms with van der Waals surface area (Å²) in [5, 5.41) is 3.51. The molecule has 2 saturated heterocycles. The number of rotatable bonds is 6. The summed E-state index contributed by atoms with van der Waals surface area (Å²) in [7, 11) is 0. The topological polar surface area (TPSA) is 69.5 Å². The summed E-state index contributed by atoms with van der Waals surface area (Å²) in [6.07, 6.45) is 5.24. The third kappa shape index (κ3) is 5.21. The zero-order valence-corrected chi connectivity index (χ0v) is 23.6. The number of aliphatic imine (C=N–C) groups is 1. The summed E-state index contributed by atoms with van der Waals surface area (Å²) in [6.45, 7) is 22.8. The summed E-state index contributed by atoms with van der Waals surface area (Å²) in [6, 6.07) is 10.6. The van der Waals surface area contributed by atoms with Crippen molar-refractivity contribution in [3.05, 3.63) is 35.9 Å². The fourth-order valence-corrected chi connectivity index (χ4v) is 6.85. The van der Waals surface area contributed by atoms with Crippen molar-refractivity contribution in [2.24, 2.45) is 4.99 Å². The van der Waals surface area contributed by atoms with Crippen LogP contribution < -0.4 is 15.1 Å². The number of aromatic nitrogens is 3. The maximum atomic E-state index is 5.21. The van der Waals surface area contributed by atoms with Crippen molar-refractivity contribution in [3.8, 4) is 0 Å². The number of piperidine rings is 2. The highest BCUT2D eigenvalue weighted by molar-refractivity contribution is 5.52. The van der Waals surface area contributed by atoms with Gasteiger partial charge in [0.2, 0.25) is 17.8 Å². The molecule has 0 atom stereocenters. The van der Waals surface area contributed by atoms with E-state index >= 15 is 0 Å². The molecule has 4 rings (SSSR count). The molecule has 0 spiro atoms. The number of hydrogen-bond donors (Lipinski definition) is 1. The molecule has 0 unspecified atom stereocenters. The second kappa shape index (κ2) is 9.31. The van der Waals surface area contributed by atoms with Crippen molar-refractivity contribution in [1.29, 1.82) is 0 Å². The first-order valence-electron chi connectivity index (χ1n) is 13.4. The van der Waals surface area contributed by atoms with Crippen LogP contribution in [0.25, 0.3) is 0 Å². The van der Waals surface area contributed by atoms with Crippen LogP contribution in [0.4, 0.5) is 17.8 Å². The molecule has 3 heterocycles. The minimum atomic E-state index is -0.185. The minimum Gasteiger partial charge on any atom is -0.350 e. The molecule has 0 saturated carbocycles. The van der Waals surface area contributed by atoms with Gasteiger partial charge < -0.3 is 15.1 Å². The van der Waals surface area contributed by atoms with Crippen molar-refractivity contribution in [3.63, 3.8) is 0 Å². The van der Waals surface area contributed by atoms with Gasteiger partial charge in [-0.05, 0) is 99.8 Å². The van der Waals surface area contributed by atoms with E-state index in [2.05, 4.69) is 106 Å². The molecule has 0 bridgehead atoms. The number of nitrogens with one attached hydrogen (secondary N) is 1. The van der Waals surface area contributed by atoms with Gasteiger partial charge in [0.15, 0.2) is 0 Å². The first-order chi connectivity index (χ1) is 16.7. The second-order valence-electron chi connectivity index (χ2n) is 13.1. The van der Waals surface area contributed by atoms with Gasteiger partial charge in [0.1, 0.15) is 0 Å². The van der Waals surface area contributed by atoms with Gasteiger partial charge in [-0.25, -0.2) is 0 Å². The maximum absolute atomic E-state index is 5.21. The second-order valence-corrected chi connectivity index (χ2v) is 13.1. The van der Waals surface area contributed by atoms with E-state index in [9.17, 15) is 0 Å². The predicted octanol–water partition coefficient (Wildman–Crippen LogP) is 6.26. The van der Waals surface area contributed by atoms with E-state index in [-0.39, 0.29) is 28.2 Å².